The Balaban J connectivity index is 2.14. The Morgan fingerprint density at radius 1 is 1.33 bits per heavy atom. The van der Waals surface area contributed by atoms with E-state index in [0.29, 0.717) is 26.1 Å². The summed E-state index contributed by atoms with van der Waals surface area (Å²) in [4.78, 5) is 24.6. The molecule has 2 aliphatic heterocycles. The number of aliphatic carboxylic acids is 1. The van der Waals surface area contributed by atoms with E-state index in [0.717, 1.165) is 0 Å². The molecule has 0 aliphatic carbocycles. The number of rotatable bonds is 2. The quantitative estimate of drug-likeness (QED) is 0.558. The SMILES string of the molecule is NC1(C(=O)N2C[C@H](O)C[C@H]2C(=O)O)CCOCC1. The zero-order chi connectivity index (χ0) is 13.3. The molecule has 0 unspecified atom stereocenters. The molecule has 0 radical (unpaired) electrons. The largest absolute Gasteiger partial charge is 0.480 e. The Morgan fingerprint density at radius 3 is 2.50 bits per heavy atom. The van der Waals surface area contributed by atoms with Gasteiger partial charge in [-0.05, 0) is 12.8 Å². The molecule has 7 heteroatoms. The second-order valence-corrected chi connectivity index (χ2v) is 4.97. The predicted molar refractivity (Wildman–Crippen MR) is 60.7 cm³/mol. The zero-order valence-electron chi connectivity index (χ0n) is 10.0. The number of ether oxygens (including phenoxy) is 1. The highest BCUT2D eigenvalue weighted by Crippen LogP contribution is 2.26. The molecule has 0 saturated carbocycles. The number of carbonyl (C=O) groups excluding carboxylic acids is 1. The number of aliphatic hydroxyl groups is 1. The molecule has 0 spiro atoms. The van der Waals surface area contributed by atoms with Crippen LogP contribution >= 0.6 is 0 Å². The molecule has 2 aliphatic rings. The number of nitrogens with zero attached hydrogens (tertiary/aromatic N) is 1. The Morgan fingerprint density at radius 2 is 1.94 bits per heavy atom. The molecule has 2 heterocycles. The smallest absolute Gasteiger partial charge is 0.326 e. The molecule has 0 bridgehead atoms. The molecule has 0 aromatic carbocycles. The standard InChI is InChI=1S/C11H18N2O5/c12-11(1-3-18-4-2-11)10(17)13-6-7(14)5-8(13)9(15)16/h7-8,14H,1-6,12H2,(H,15,16)/t7-,8+/m1/s1. The minimum Gasteiger partial charge on any atom is -0.480 e. The van der Waals surface area contributed by atoms with Crippen LogP contribution in [0.2, 0.25) is 0 Å². The van der Waals surface area contributed by atoms with Gasteiger partial charge in [-0.1, -0.05) is 0 Å². The van der Waals surface area contributed by atoms with Gasteiger partial charge < -0.3 is 25.6 Å². The summed E-state index contributed by atoms with van der Waals surface area (Å²) >= 11 is 0. The maximum Gasteiger partial charge on any atom is 0.326 e. The zero-order valence-corrected chi connectivity index (χ0v) is 10.0. The molecule has 4 N–H and O–H groups in total. The van der Waals surface area contributed by atoms with E-state index in [-0.39, 0.29) is 13.0 Å². The van der Waals surface area contributed by atoms with Crippen molar-refractivity contribution in [2.24, 2.45) is 5.73 Å². The first-order valence-corrected chi connectivity index (χ1v) is 6.02. The maximum atomic E-state index is 12.4. The summed E-state index contributed by atoms with van der Waals surface area (Å²) in [6, 6.07) is -0.976. The highest BCUT2D eigenvalue weighted by molar-refractivity contribution is 5.90. The third-order valence-electron chi connectivity index (χ3n) is 3.64. The number of amides is 1. The number of hydrogen-bond acceptors (Lipinski definition) is 5. The van der Waals surface area contributed by atoms with Gasteiger partial charge in [-0.3, -0.25) is 4.79 Å². The van der Waals surface area contributed by atoms with Crippen molar-refractivity contribution >= 4 is 11.9 Å². The van der Waals surface area contributed by atoms with Crippen molar-refractivity contribution in [2.45, 2.75) is 36.9 Å². The second-order valence-electron chi connectivity index (χ2n) is 4.97. The highest BCUT2D eigenvalue weighted by atomic mass is 16.5. The average molecular weight is 258 g/mol. The molecule has 7 nitrogen and oxygen atoms in total. The fraction of sp³-hybridized carbons (Fsp3) is 0.818. The molecule has 2 saturated heterocycles. The van der Waals surface area contributed by atoms with Crippen LogP contribution in [0.25, 0.3) is 0 Å². The topological polar surface area (TPSA) is 113 Å². The fourth-order valence-corrected chi connectivity index (χ4v) is 2.51. The number of carbonyl (C=O) groups is 2. The van der Waals surface area contributed by atoms with E-state index in [1.165, 1.54) is 4.90 Å². The Kier molecular flexibility index (Phi) is 3.56. The summed E-state index contributed by atoms with van der Waals surface area (Å²) in [5, 5.41) is 18.6. The van der Waals surface area contributed by atoms with E-state index in [4.69, 9.17) is 15.6 Å². The number of carboxylic acids is 1. The fourth-order valence-electron chi connectivity index (χ4n) is 2.51. The normalized spacial score (nSPS) is 31.3. The van der Waals surface area contributed by atoms with Gasteiger partial charge in [0.05, 0.1) is 11.6 Å². The van der Waals surface area contributed by atoms with Gasteiger partial charge in [0.1, 0.15) is 6.04 Å². The van der Waals surface area contributed by atoms with Gasteiger partial charge in [0.2, 0.25) is 5.91 Å². The van der Waals surface area contributed by atoms with E-state index in [9.17, 15) is 14.7 Å². The highest BCUT2D eigenvalue weighted by Gasteiger charge is 2.46. The van der Waals surface area contributed by atoms with Gasteiger partial charge in [0, 0.05) is 26.2 Å². The number of nitrogens with two attached hydrogens (primary N) is 1. The van der Waals surface area contributed by atoms with Gasteiger partial charge >= 0.3 is 5.97 Å². The van der Waals surface area contributed by atoms with Crippen molar-refractivity contribution < 1.29 is 24.5 Å². The van der Waals surface area contributed by atoms with Gasteiger partial charge in [0.15, 0.2) is 0 Å². The molecular weight excluding hydrogens is 240 g/mol. The van der Waals surface area contributed by atoms with Crippen LogP contribution in [-0.4, -0.2) is 64.4 Å². The summed E-state index contributed by atoms with van der Waals surface area (Å²) in [5.41, 5.74) is 4.98. The van der Waals surface area contributed by atoms with Gasteiger partial charge in [-0.2, -0.15) is 0 Å². The third kappa shape index (κ3) is 2.33. The monoisotopic (exact) mass is 258 g/mol. The summed E-state index contributed by atoms with van der Waals surface area (Å²) in [5.74, 6) is -1.50. The number of carboxylic acid groups (broad SMARTS) is 1. The van der Waals surface area contributed by atoms with Crippen LogP contribution in [0.4, 0.5) is 0 Å². The van der Waals surface area contributed by atoms with Crippen LogP contribution in [0.1, 0.15) is 19.3 Å². The third-order valence-corrected chi connectivity index (χ3v) is 3.64. The molecule has 18 heavy (non-hydrogen) atoms. The van der Waals surface area contributed by atoms with Crippen LogP contribution in [0.15, 0.2) is 0 Å². The van der Waals surface area contributed by atoms with Crippen molar-refractivity contribution in [3.63, 3.8) is 0 Å². The van der Waals surface area contributed by atoms with E-state index in [1.807, 2.05) is 0 Å². The van der Waals surface area contributed by atoms with Crippen molar-refractivity contribution in [3.05, 3.63) is 0 Å². The molecule has 2 atom stereocenters. The lowest BCUT2D eigenvalue weighted by atomic mass is 9.89. The Labute approximate surface area is 105 Å². The molecular formula is C11H18N2O5. The van der Waals surface area contributed by atoms with Crippen molar-refractivity contribution in [1.29, 1.82) is 0 Å². The van der Waals surface area contributed by atoms with Gasteiger partial charge in [0.25, 0.3) is 0 Å². The molecule has 0 aromatic rings. The molecule has 2 rings (SSSR count). The van der Waals surface area contributed by atoms with Crippen LogP contribution in [0.5, 0.6) is 0 Å². The maximum absolute atomic E-state index is 12.4. The lowest BCUT2D eigenvalue weighted by Crippen LogP contribution is -2.59. The minimum atomic E-state index is -1.10. The first-order chi connectivity index (χ1) is 8.44. The minimum absolute atomic E-state index is 0.0373. The van der Waals surface area contributed by atoms with Crippen LogP contribution in [0, 0.1) is 0 Å². The first-order valence-electron chi connectivity index (χ1n) is 6.02. The lowest BCUT2D eigenvalue weighted by molar-refractivity contribution is -0.152. The van der Waals surface area contributed by atoms with E-state index in [2.05, 4.69) is 0 Å². The van der Waals surface area contributed by atoms with Crippen molar-refractivity contribution in [2.75, 3.05) is 19.8 Å². The van der Waals surface area contributed by atoms with E-state index < -0.39 is 29.6 Å². The summed E-state index contributed by atoms with van der Waals surface area (Å²) in [7, 11) is 0. The summed E-state index contributed by atoms with van der Waals surface area (Å²) in [6.45, 7) is 0.836. The predicted octanol–water partition coefficient (Wildman–Crippen LogP) is -1.46. The Bertz CT molecular complexity index is 353. The van der Waals surface area contributed by atoms with Crippen LogP contribution in [-0.2, 0) is 14.3 Å². The van der Waals surface area contributed by atoms with E-state index >= 15 is 0 Å². The Hall–Kier alpha value is -1.18. The summed E-state index contributed by atoms with van der Waals surface area (Å²) < 4.78 is 5.16. The lowest BCUT2D eigenvalue weighted by Gasteiger charge is -2.36. The molecule has 0 aromatic heterocycles. The van der Waals surface area contributed by atoms with Gasteiger partial charge in [-0.25, -0.2) is 4.79 Å². The number of aliphatic hydroxyl groups excluding tert-OH is 1. The number of hydrogen-bond donors (Lipinski definition) is 3. The molecule has 102 valence electrons. The molecule has 2 fully saturated rings. The number of β-amino-alcohol motifs (C(OH)–C–C–N with tert-alkyl or cyclic N) is 1. The summed E-state index contributed by atoms with van der Waals surface area (Å²) in [6.07, 6.45) is 0.0295. The number of likely N-dealkylation sites (tertiary alicyclic amines) is 1. The van der Waals surface area contributed by atoms with Crippen LogP contribution in [0.3, 0.4) is 0 Å². The van der Waals surface area contributed by atoms with Crippen LogP contribution < -0.4 is 5.73 Å². The molecule has 1 amide bonds. The van der Waals surface area contributed by atoms with Gasteiger partial charge in [-0.15, -0.1) is 0 Å². The van der Waals surface area contributed by atoms with Crippen molar-refractivity contribution in [1.82, 2.24) is 4.90 Å². The van der Waals surface area contributed by atoms with Crippen molar-refractivity contribution in [3.8, 4) is 0 Å². The van der Waals surface area contributed by atoms with E-state index in [1.54, 1.807) is 0 Å². The second kappa shape index (κ2) is 4.83. The average Bonchev–Trinajstić information content (AvgIpc) is 2.71. The first kappa shape index (κ1) is 13.3.